The van der Waals surface area contributed by atoms with Crippen LogP contribution in [0.15, 0.2) is 46.4 Å². The number of nitrogens with two attached hydrogens (primary N) is 1. The van der Waals surface area contributed by atoms with Crippen molar-refractivity contribution in [2.75, 3.05) is 12.8 Å². The fourth-order valence-corrected chi connectivity index (χ4v) is 3.52. The van der Waals surface area contributed by atoms with E-state index < -0.39 is 28.9 Å². The highest BCUT2D eigenvalue weighted by atomic mass is 19.4. The predicted molar refractivity (Wildman–Crippen MR) is 131 cm³/mol. The molecule has 0 fully saturated rings. The van der Waals surface area contributed by atoms with Crippen molar-refractivity contribution in [2.24, 2.45) is 0 Å². The number of nitrogens with zero attached hydrogens (tertiary/aromatic N) is 4. The predicted octanol–water partition coefficient (Wildman–Crippen LogP) is 3.87. The van der Waals surface area contributed by atoms with Crippen LogP contribution in [0.3, 0.4) is 0 Å². The molecule has 0 radical (unpaired) electrons. The lowest BCUT2D eigenvalue weighted by molar-refractivity contribution is -0.140. The fourth-order valence-electron chi connectivity index (χ4n) is 3.52. The largest absolute Gasteiger partial charge is 0.505 e. The van der Waals surface area contributed by atoms with Crippen molar-refractivity contribution in [2.45, 2.75) is 38.9 Å². The summed E-state index contributed by atoms with van der Waals surface area (Å²) in [7, 11) is 1.46. The number of hydrogen-bond donors (Lipinski definition) is 3. The topological polar surface area (TPSA) is 149 Å². The highest BCUT2D eigenvalue weighted by Crippen LogP contribution is 2.31. The van der Waals surface area contributed by atoms with Crippen LogP contribution in [-0.4, -0.2) is 36.9 Å². The highest BCUT2D eigenvalue weighted by molar-refractivity contribution is 5.86. The molecule has 3 aromatic heterocycles. The van der Waals surface area contributed by atoms with Gasteiger partial charge in [-0.2, -0.15) is 18.3 Å². The van der Waals surface area contributed by atoms with Gasteiger partial charge in [0.05, 0.1) is 30.5 Å². The first kappa shape index (κ1) is 28.1. The van der Waals surface area contributed by atoms with Gasteiger partial charge < -0.3 is 20.1 Å². The number of aryl methyl sites for hydroxylation is 1. The number of unbranched alkanes of at least 4 members (excludes halogenated alkanes) is 2. The first-order valence-electron chi connectivity index (χ1n) is 11.3. The van der Waals surface area contributed by atoms with E-state index in [1.165, 1.54) is 19.4 Å². The lowest BCUT2D eigenvalue weighted by atomic mass is 10.1. The number of benzene rings is 1. The zero-order valence-corrected chi connectivity index (χ0v) is 20.3. The molecule has 0 atom stereocenters. The number of methoxy groups -OCH3 is 1. The number of rotatable bonds is 6. The number of nitrogen functional groups attached to an aromatic ring is 1. The van der Waals surface area contributed by atoms with Gasteiger partial charge in [-0.15, -0.1) is 0 Å². The highest BCUT2D eigenvalue weighted by Gasteiger charge is 2.37. The van der Waals surface area contributed by atoms with Crippen molar-refractivity contribution in [3.8, 4) is 22.9 Å². The maximum Gasteiger partial charge on any atom is 0.425 e. The fraction of sp³-hybridized carbons (Fsp3) is 0.292. The summed E-state index contributed by atoms with van der Waals surface area (Å²) in [5.41, 5.74) is 2.69. The van der Waals surface area contributed by atoms with E-state index in [0.717, 1.165) is 19.3 Å². The van der Waals surface area contributed by atoms with Crippen molar-refractivity contribution in [3.63, 3.8) is 0 Å². The Labute approximate surface area is 212 Å². The SMILES string of the molecule is CCCCCn1ccc2cc(-c3ncc(OC)c(N)n3)c(F)cc2c1=O.O=c1[nH]ncc(O)c1C(F)(F)F. The summed E-state index contributed by atoms with van der Waals surface area (Å²) in [6, 6.07) is 4.62. The van der Waals surface area contributed by atoms with Crippen molar-refractivity contribution in [1.29, 1.82) is 0 Å². The lowest BCUT2D eigenvalue weighted by Crippen LogP contribution is -2.22. The van der Waals surface area contributed by atoms with Gasteiger partial charge in [0.1, 0.15) is 5.82 Å². The second-order valence-electron chi connectivity index (χ2n) is 8.05. The quantitative estimate of drug-likeness (QED) is 0.248. The number of hydrogen-bond acceptors (Lipinski definition) is 8. The Morgan fingerprint density at radius 2 is 1.92 bits per heavy atom. The number of anilines is 1. The number of nitrogens with one attached hydrogen (secondary N) is 1. The maximum atomic E-state index is 14.6. The molecular formula is C24H24F4N6O4. The van der Waals surface area contributed by atoms with Gasteiger partial charge in [-0.3, -0.25) is 9.59 Å². The summed E-state index contributed by atoms with van der Waals surface area (Å²) < 4.78 is 57.0. The van der Waals surface area contributed by atoms with Crippen molar-refractivity contribution in [1.82, 2.24) is 24.7 Å². The molecule has 38 heavy (non-hydrogen) atoms. The minimum absolute atomic E-state index is 0.128. The molecule has 0 saturated carbocycles. The van der Waals surface area contributed by atoms with Crippen LogP contribution >= 0.6 is 0 Å². The molecule has 0 saturated heterocycles. The van der Waals surface area contributed by atoms with Gasteiger partial charge in [-0.25, -0.2) is 19.5 Å². The van der Waals surface area contributed by atoms with E-state index in [9.17, 15) is 27.2 Å². The Kier molecular flexibility index (Phi) is 8.65. The molecule has 0 aliphatic rings. The Morgan fingerprint density at radius 3 is 2.50 bits per heavy atom. The molecule has 0 spiro atoms. The van der Waals surface area contributed by atoms with Crippen LogP contribution in [0.5, 0.6) is 11.5 Å². The monoisotopic (exact) mass is 536 g/mol. The summed E-state index contributed by atoms with van der Waals surface area (Å²) in [5, 5.41) is 14.1. The van der Waals surface area contributed by atoms with Gasteiger partial charge in [0.25, 0.3) is 11.1 Å². The molecule has 1 aromatic carbocycles. The zero-order chi connectivity index (χ0) is 28.0. The molecule has 4 aromatic rings. The number of ether oxygens (including phenoxy) is 1. The minimum atomic E-state index is -4.86. The third kappa shape index (κ3) is 6.25. The second-order valence-corrected chi connectivity index (χ2v) is 8.05. The zero-order valence-electron chi connectivity index (χ0n) is 20.3. The summed E-state index contributed by atoms with van der Waals surface area (Å²) >= 11 is 0. The first-order valence-corrected chi connectivity index (χ1v) is 11.3. The molecule has 0 unspecified atom stereocenters. The molecule has 4 N–H and O–H groups in total. The van der Waals surface area contributed by atoms with E-state index in [0.29, 0.717) is 29.3 Å². The minimum Gasteiger partial charge on any atom is -0.505 e. The molecule has 10 nitrogen and oxygen atoms in total. The Bertz CT molecular complexity index is 1550. The summed E-state index contributed by atoms with van der Waals surface area (Å²) in [5.74, 6) is -1.14. The maximum absolute atomic E-state index is 14.6. The van der Waals surface area contributed by atoms with E-state index in [1.54, 1.807) is 28.0 Å². The number of H-pyrrole nitrogens is 1. The van der Waals surface area contributed by atoms with Gasteiger partial charge in [0.15, 0.2) is 28.7 Å². The number of aromatic amines is 1. The van der Waals surface area contributed by atoms with Crippen LogP contribution in [0.2, 0.25) is 0 Å². The van der Waals surface area contributed by atoms with Gasteiger partial charge in [-0.05, 0) is 30.0 Å². The third-order valence-corrected chi connectivity index (χ3v) is 5.43. The Morgan fingerprint density at radius 1 is 1.18 bits per heavy atom. The molecule has 202 valence electrons. The number of alkyl halides is 3. The van der Waals surface area contributed by atoms with E-state index in [4.69, 9.17) is 15.6 Å². The molecule has 0 bridgehead atoms. The smallest absolute Gasteiger partial charge is 0.425 e. The molecule has 0 aliphatic carbocycles. The number of pyridine rings is 1. The van der Waals surface area contributed by atoms with Crippen LogP contribution in [0.4, 0.5) is 23.4 Å². The average molecular weight is 536 g/mol. The van der Waals surface area contributed by atoms with Crippen LogP contribution in [0.1, 0.15) is 31.7 Å². The third-order valence-electron chi connectivity index (χ3n) is 5.43. The van der Waals surface area contributed by atoms with Gasteiger partial charge >= 0.3 is 6.18 Å². The van der Waals surface area contributed by atoms with Crippen LogP contribution < -0.4 is 21.6 Å². The Balaban J connectivity index is 0.000000279. The van der Waals surface area contributed by atoms with E-state index >= 15 is 0 Å². The molecular weight excluding hydrogens is 512 g/mol. The number of fused-ring (bicyclic) bond motifs is 1. The molecule has 4 rings (SSSR count). The summed E-state index contributed by atoms with van der Waals surface area (Å²) in [6.07, 6.45) is 1.84. The number of halogens is 4. The van der Waals surface area contributed by atoms with Gasteiger partial charge in [0.2, 0.25) is 0 Å². The lowest BCUT2D eigenvalue weighted by Gasteiger charge is -2.10. The summed E-state index contributed by atoms with van der Waals surface area (Å²) in [4.78, 5) is 31.3. The van der Waals surface area contributed by atoms with Crippen LogP contribution in [0.25, 0.3) is 22.2 Å². The number of aromatic nitrogens is 5. The molecule has 14 heteroatoms. The van der Waals surface area contributed by atoms with Crippen LogP contribution in [-0.2, 0) is 12.7 Å². The van der Waals surface area contributed by atoms with Crippen molar-refractivity contribution < 1.29 is 27.4 Å². The van der Waals surface area contributed by atoms with Crippen molar-refractivity contribution >= 4 is 16.6 Å². The van der Waals surface area contributed by atoms with Gasteiger partial charge in [0, 0.05) is 12.7 Å². The molecule has 0 amide bonds. The second kappa shape index (κ2) is 11.7. The van der Waals surface area contributed by atoms with E-state index in [2.05, 4.69) is 22.0 Å². The average Bonchev–Trinajstić information content (AvgIpc) is 2.85. The standard InChI is InChI=1S/C19H21FN4O2.C5H3F3N2O2/c1-3-4-5-7-24-8-6-12-9-14(15(20)10-13(12)19(24)25)18-22-11-16(26-2)17(21)23-18;6-5(7,8)3-2(11)1-9-10-4(3)12/h6,8-11H,3-5,7H2,1-2H3,(H2,21,22,23);1H,(H2,10,11,12). The summed E-state index contributed by atoms with van der Waals surface area (Å²) in [6.45, 7) is 2.73. The Hall–Kier alpha value is -4.49. The van der Waals surface area contributed by atoms with Crippen molar-refractivity contribution in [3.05, 3.63) is 68.9 Å². The molecule has 3 heterocycles. The van der Waals surface area contributed by atoms with E-state index in [1.807, 2.05) is 0 Å². The van der Waals surface area contributed by atoms with E-state index in [-0.39, 0.29) is 22.8 Å². The van der Waals surface area contributed by atoms with Crippen LogP contribution in [0, 0.1) is 5.82 Å². The first-order chi connectivity index (χ1) is 18.0. The van der Waals surface area contributed by atoms with Gasteiger partial charge in [-0.1, -0.05) is 19.8 Å². The number of aromatic hydroxyl groups is 1. The molecule has 0 aliphatic heterocycles. The normalized spacial score (nSPS) is 11.2.